The van der Waals surface area contributed by atoms with Crippen LogP contribution in [0.25, 0.3) is 9.40 Å². The molecule has 2 rings (SSSR count). The molecule has 0 spiro atoms. The third-order valence-corrected chi connectivity index (χ3v) is 6.37. The van der Waals surface area contributed by atoms with Crippen molar-refractivity contribution in [2.45, 2.75) is 33.7 Å². The number of rotatable bonds is 4. The van der Waals surface area contributed by atoms with E-state index in [9.17, 15) is 8.42 Å². The van der Waals surface area contributed by atoms with Crippen LogP contribution < -0.4 is 3.96 Å². The summed E-state index contributed by atoms with van der Waals surface area (Å²) >= 11 is 3.45. The van der Waals surface area contributed by atoms with E-state index in [1.807, 2.05) is 0 Å². The number of fused-ring (bicyclic) bond motifs is 1. The molecule has 0 atom stereocenters. The molecule has 0 aliphatic rings. The van der Waals surface area contributed by atoms with Crippen molar-refractivity contribution in [2.24, 2.45) is 0 Å². The lowest BCUT2D eigenvalue weighted by molar-refractivity contribution is -0.634. The Bertz CT molecular complexity index is 682. The van der Waals surface area contributed by atoms with E-state index in [0.717, 1.165) is 0 Å². The van der Waals surface area contributed by atoms with Gasteiger partial charge in [-0.3, -0.25) is 4.55 Å². The van der Waals surface area contributed by atoms with E-state index in [-0.39, 0.29) is 5.75 Å². The van der Waals surface area contributed by atoms with Crippen LogP contribution in [0.5, 0.6) is 0 Å². The van der Waals surface area contributed by atoms with Crippen molar-refractivity contribution in [3.05, 3.63) is 16.1 Å². The molecule has 2 aromatic rings. The van der Waals surface area contributed by atoms with E-state index in [1.165, 1.54) is 25.5 Å². The first-order chi connectivity index (χ1) is 8.29. The zero-order valence-corrected chi connectivity index (χ0v) is 13.0. The van der Waals surface area contributed by atoms with E-state index >= 15 is 0 Å². The molecule has 0 amide bonds. The molecule has 18 heavy (non-hydrogen) atoms. The van der Waals surface area contributed by atoms with E-state index in [4.69, 9.17) is 4.55 Å². The van der Waals surface area contributed by atoms with E-state index in [2.05, 4.69) is 24.7 Å². The average molecular weight is 306 g/mol. The summed E-state index contributed by atoms with van der Waals surface area (Å²) in [7, 11) is -3.84. The summed E-state index contributed by atoms with van der Waals surface area (Å²) in [6, 6.07) is 0. The Labute approximate surface area is 115 Å². The molecule has 7 heteroatoms. The summed E-state index contributed by atoms with van der Waals surface area (Å²) in [5.41, 5.74) is 2.50. The Balaban J connectivity index is 2.22. The van der Waals surface area contributed by atoms with Gasteiger partial charge in [-0.05, 0) is 19.4 Å². The van der Waals surface area contributed by atoms with Gasteiger partial charge in [0.15, 0.2) is 22.1 Å². The summed E-state index contributed by atoms with van der Waals surface area (Å²) in [4.78, 5) is 1.34. The molecule has 0 aliphatic heterocycles. The highest BCUT2D eigenvalue weighted by molar-refractivity contribution is 7.85. The number of hydrogen-bond acceptors (Lipinski definition) is 4. The molecular weight excluding hydrogens is 290 g/mol. The van der Waals surface area contributed by atoms with Gasteiger partial charge in [0.1, 0.15) is 0 Å². The fraction of sp³-hybridized carbons (Fsp3) is 0.545. The minimum atomic E-state index is -3.84. The van der Waals surface area contributed by atoms with Crippen LogP contribution in [-0.2, 0) is 16.7 Å². The highest BCUT2D eigenvalue weighted by Crippen LogP contribution is 2.34. The average Bonchev–Trinajstić information content (AvgIpc) is 2.66. The van der Waals surface area contributed by atoms with Gasteiger partial charge in [-0.2, -0.15) is 8.42 Å². The van der Waals surface area contributed by atoms with Gasteiger partial charge >= 0.3 is 0 Å². The van der Waals surface area contributed by atoms with Gasteiger partial charge in [0, 0.05) is 18.2 Å². The van der Waals surface area contributed by atoms with Crippen molar-refractivity contribution in [3.8, 4) is 0 Å². The lowest BCUT2D eigenvalue weighted by Gasteiger charge is -1.95. The quantitative estimate of drug-likeness (QED) is 0.697. The third-order valence-electron chi connectivity index (χ3n) is 3.05. The second-order valence-electron chi connectivity index (χ2n) is 4.36. The van der Waals surface area contributed by atoms with Crippen LogP contribution in [0, 0.1) is 20.8 Å². The Morgan fingerprint density at radius 2 is 1.94 bits per heavy atom. The Kier molecular flexibility index (Phi) is 3.77. The maximum atomic E-state index is 10.7. The highest BCUT2D eigenvalue weighted by atomic mass is 32.2. The molecule has 2 aromatic heterocycles. The maximum Gasteiger partial charge on any atom is 0.265 e. The Morgan fingerprint density at radius 1 is 1.28 bits per heavy atom. The summed E-state index contributed by atoms with van der Waals surface area (Å²) in [5, 5.41) is 1.30. The van der Waals surface area contributed by atoms with Crippen LogP contribution in [0.4, 0.5) is 0 Å². The standard InChI is InChI=1S/C11H15NO3S3/c1-7-9(3)16-11-10(7)8(2)12(17-11)5-4-6-18(13,14)15/h4-6H2,1-3H3/p+1. The minimum absolute atomic E-state index is 0.178. The van der Waals surface area contributed by atoms with E-state index < -0.39 is 10.1 Å². The number of hydrogen-bond donors (Lipinski definition) is 1. The molecule has 0 fully saturated rings. The lowest BCUT2D eigenvalue weighted by Crippen LogP contribution is -2.32. The van der Waals surface area contributed by atoms with Gasteiger partial charge < -0.3 is 0 Å². The highest BCUT2D eigenvalue weighted by Gasteiger charge is 2.21. The molecule has 0 bridgehead atoms. The monoisotopic (exact) mass is 306 g/mol. The van der Waals surface area contributed by atoms with Crippen LogP contribution in [-0.4, -0.2) is 18.7 Å². The summed E-state index contributed by atoms with van der Waals surface area (Å²) in [6.45, 7) is 6.94. The molecule has 100 valence electrons. The van der Waals surface area contributed by atoms with Gasteiger partial charge in [0.05, 0.1) is 11.1 Å². The van der Waals surface area contributed by atoms with Crippen LogP contribution in [0.15, 0.2) is 0 Å². The van der Waals surface area contributed by atoms with Crippen LogP contribution >= 0.6 is 22.9 Å². The normalized spacial score (nSPS) is 12.4. The van der Waals surface area contributed by atoms with Crippen molar-refractivity contribution in [1.29, 1.82) is 0 Å². The lowest BCUT2D eigenvalue weighted by atomic mass is 10.2. The van der Waals surface area contributed by atoms with Crippen molar-refractivity contribution < 1.29 is 16.9 Å². The van der Waals surface area contributed by atoms with Crippen molar-refractivity contribution in [3.63, 3.8) is 0 Å². The van der Waals surface area contributed by atoms with Gasteiger partial charge in [-0.25, -0.2) is 0 Å². The van der Waals surface area contributed by atoms with Crippen molar-refractivity contribution >= 4 is 42.4 Å². The fourth-order valence-electron chi connectivity index (χ4n) is 1.98. The SMILES string of the molecule is Cc1sc2s[n+](CCCS(=O)(=O)O)c(C)c2c1C. The number of aromatic nitrogens is 1. The molecule has 0 aromatic carbocycles. The second-order valence-corrected chi connectivity index (χ2v) is 8.45. The topological polar surface area (TPSA) is 58.2 Å². The van der Waals surface area contributed by atoms with Crippen LogP contribution in [0.3, 0.4) is 0 Å². The van der Waals surface area contributed by atoms with Crippen LogP contribution in [0.2, 0.25) is 0 Å². The van der Waals surface area contributed by atoms with Crippen molar-refractivity contribution in [1.82, 2.24) is 0 Å². The second kappa shape index (κ2) is 4.88. The first-order valence-corrected chi connectivity index (χ1v) is 8.84. The molecule has 0 unspecified atom stereocenters. The first-order valence-electron chi connectivity index (χ1n) is 5.64. The van der Waals surface area contributed by atoms with Crippen LogP contribution in [0.1, 0.15) is 22.6 Å². The molecule has 0 aliphatic carbocycles. The van der Waals surface area contributed by atoms with E-state index in [0.29, 0.717) is 13.0 Å². The molecule has 2 heterocycles. The van der Waals surface area contributed by atoms with Gasteiger partial charge in [-0.1, -0.05) is 0 Å². The zero-order chi connectivity index (χ0) is 13.5. The molecule has 1 N–H and O–H groups in total. The fourth-order valence-corrected chi connectivity index (χ4v) is 5.24. The smallest absolute Gasteiger partial charge is 0.265 e. The van der Waals surface area contributed by atoms with Crippen molar-refractivity contribution in [2.75, 3.05) is 5.75 Å². The Morgan fingerprint density at radius 3 is 2.50 bits per heavy atom. The number of aryl methyl sites for hydroxylation is 4. The molecule has 4 nitrogen and oxygen atoms in total. The van der Waals surface area contributed by atoms with E-state index in [1.54, 1.807) is 22.9 Å². The third kappa shape index (κ3) is 2.74. The minimum Gasteiger partial charge on any atom is -0.286 e. The number of nitrogens with zero attached hydrogens (tertiary/aromatic N) is 1. The summed E-state index contributed by atoms with van der Waals surface area (Å²) in [5.74, 6) is -0.178. The zero-order valence-electron chi connectivity index (χ0n) is 10.6. The van der Waals surface area contributed by atoms with Gasteiger partial charge in [0.2, 0.25) is 5.69 Å². The first kappa shape index (κ1) is 13.9. The molecule has 0 saturated heterocycles. The van der Waals surface area contributed by atoms with Gasteiger partial charge in [-0.15, -0.1) is 15.3 Å². The maximum absolute atomic E-state index is 10.7. The molecular formula is C11H16NO3S3+. The molecule has 0 saturated carbocycles. The summed E-state index contributed by atoms with van der Waals surface area (Å²) in [6.07, 6.45) is 0.441. The predicted molar refractivity (Wildman–Crippen MR) is 75.1 cm³/mol. The molecule has 0 radical (unpaired) electrons. The summed E-state index contributed by atoms with van der Waals surface area (Å²) < 4.78 is 33.5. The number of thiophene rings is 1. The van der Waals surface area contributed by atoms with Gasteiger partial charge in [0.25, 0.3) is 10.1 Å². The largest absolute Gasteiger partial charge is 0.286 e. The predicted octanol–water partition coefficient (Wildman–Crippen LogP) is 2.45. The Hall–Kier alpha value is -0.500.